The summed E-state index contributed by atoms with van der Waals surface area (Å²) in [7, 11) is 0. The minimum atomic E-state index is -1.11. The molecule has 4 N–H and O–H groups in total. The molecule has 0 bridgehead atoms. The predicted octanol–water partition coefficient (Wildman–Crippen LogP) is 17.2. The molecule has 0 spiro atoms. The van der Waals surface area contributed by atoms with Crippen LogP contribution in [0.3, 0.4) is 0 Å². The Kier molecular flexibility index (Phi) is 51.5. The van der Waals surface area contributed by atoms with E-state index in [1.165, 1.54) is 225 Å². The molecule has 0 aromatic rings. The fourth-order valence-electron chi connectivity index (χ4n) is 8.51. The largest absolute Gasteiger partial charge is 0.394 e. The first-order valence-electron chi connectivity index (χ1n) is 28.0. The Hall–Kier alpha value is -1.69. The predicted molar refractivity (Wildman–Crippen MR) is 277 cm³/mol. The first kappa shape index (κ1) is 61.3. The molecule has 5 nitrogen and oxygen atoms in total. The maximum absolute atomic E-state index is 12.5. The summed E-state index contributed by atoms with van der Waals surface area (Å²) in [6, 6.07) is -0.821. The molecule has 0 aromatic carbocycles. The number of amides is 1. The van der Waals surface area contributed by atoms with Crippen LogP contribution in [0.2, 0.25) is 0 Å². The standard InChI is InChI=1S/C58H109NO4/c1-3-5-7-9-11-13-15-17-19-21-22-23-24-25-26-27-28-29-30-31-32-33-34-35-37-39-41-43-45-47-49-51-53-57(62)58(63)59-55(54-60)56(61)52-50-48-46-44-42-40-38-36-20-18-16-14-12-10-8-6-4-2/h20,25-26,36,42,44,50,52,55-57,60-62H,3-19,21-24,27-35,37-41,43,45-49,51,53-54H2,1-2H3,(H,59,63)/b26-25-,36-20+,44-42+,52-50+. The molecule has 63 heavy (non-hydrogen) atoms. The van der Waals surface area contributed by atoms with Gasteiger partial charge in [-0.2, -0.15) is 0 Å². The fraction of sp³-hybridized carbons (Fsp3) is 0.845. The van der Waals surface area contributed by atoms with Crippen LogP contribution in [-0.4, -0.2) is 46.1 Å². The quantitative estimate of drug-likeness (QED) is 0.0362. The van der Waals surface area contributed by atoms with Crippen LogP contribution in [-0.2, 0) is 4.79 Å². The van der Waals surface area contributed by atoms with Gasteiger partial charge < -0.3 is 20.6 Å². The van der Waals surface area contributed by atoms with E-state index in [2.05, 4.69) is 55.6 Å². The van der Waals surface area contributed by atoms with E-state index in [-0.39, 0.29) is 6.61 Å². The van der Waals surface area contributed by atoms with Crippen molar-refractivity contribution in [3.05, 3.63) is 48.6 Å². The highest BCUT2D eigenvalue weighted by Gasteiger charge is 2.22. The van der Waals surface area contributed by atoms with Gasteiger partial charge in [0.2, 0.25) is 5.91 Å². The minimum absolute atomic E-state index is 0.381. The van der Waals surface area contributed by atoms with Crippen molar-refractivity contribution in [2.75, 3.05) is 6.61 Å². The summed E-state index contributed by atoms with van der Waals surface area (Å²) in [5.41, 5.74) is 0. The summed E-state index contributed by atoms with van der Waals surface area (Å²) in [5, 5.41) is 33.3. The highest BCUT2D eigenvalue weighted by molar-refractivity contribution is 5.80. The maximum Gasteiger partial charge on any atom is 0.249 e. The molecule has 1 amide bonds. The Labute approximate surface area is 393 Å². The molecule has 3 atom stereocenters. The number of rotatable bonds is 51. The average molecular weight is 885 g/mol. The van der Waals surface area contributed by atoms with Gasteiger partial charge in [-0.1, -0.05) is 268 Å². The third-order valence-electron chi connectivity index (χ3n) is 12.9. The van der Waals surface area contributed by atoms with Crippen LogP contribution in [0.25, 0.3) is 0 Å². The molecule has 370 valence electrons. The maximum atomic E-state index is 12.5. The molecule has 0 saturated carbocycles. The topological polar surface area (TPSA) is 89.8 Å². The molecule has 0 aliphatic rings. The lowest BCUT2D eigenvalue weighted by atomic mass is 10.0. The van der Waals surface area contributed by atoms with Gasteiger partial charge >= 0.3 is 0 Å². The summed E-state index contributed by atoms with van der Waals surface area (Å²) in [4.78, 5) is 12.5. The summed E-state index contributed by atoms with van der Waals surface area (Å²) in [6.07, 6.45) is 70.5. The SMILES string of the molecule is CCCCCCCCC/C=C/CC/C=C/CC/C=C/C(O)C(CO)NC(=O)C(O)CCCCCCCCCCCCCCCCCC/C=C\CCCCCCCCCCCCCC. The first-order chi connectivity index (χ1) is 31.1. The number of carbonyl (C=O) groups is 1. The minimum Gasteiger partial charge on any atom is -0.394 e. The zero-order valence-corrected chi connectivity index (χ0v) is 42.2. The van der Waals surface area contributed by atoms with Crippen LogP contribution in [0.15, 0.2) is 48.6 Å². The number of carbonyl (C=O) groups excluding carboxylic acids is 1. The van der Waals surface area contributed by atoms with Crippen molar-refractivity contribution < 1.29 is 20.1 Å². The van der Waals surface area contributed by atoms with Crippen molar-refractivity contribution in [2.24, 2.45) is 0 Å². The van der Waals surface area contributed by atoms with Gasteiger partial charge in [0.25, 0.3) is 0 Å². The number of hydrogen-bond acceptors (Lipinski definition) is 4. The van der Waals surface area contributed by atoms with Gasteiger partial charge in [0.1, 0.15) is 6.10 Å². The van der Waals surface area contributed by atoms with Crippen LogP contribution in [0.1, 0.15) is 290 Å². The molecular weight excluding hydrogens is 775 g/mol. The molecule has 0 aliphatic heterocycles. The van der Waals surface area contributed by atoms with E-state index in [1.54, 1.807) is 6.08 Å². The lowest BCUT2D eigenvalue weighted by Crippen LogP contribution is -2.48. The van der Waals surface area contributed by atoms with E-state index in [9.17, 15) is 20.1 Å². The van der Waals surface area contributed by atoms with Gasteiger partial charge in [0, 0.05) is 0 Å². The van der Waals surface area contributed by atoms with Crippen molar-refractivity contribution in [1.82, 2.24) is 5.32 Å². The van der Waals surface area contributed by atoms with E-state index in [0.29, 0.717) is 6.42 Å². The third-order valence-corrected chi connectivity index (χ3v) is 12.9. The number of allylic oxidation sites excluding steroid dienone is 7. The van der Waals surface area contributed by atoms with Gasteiger partial charge in [-0.15, -0.1) is 0 Å². The third kappa shape index (κ3) is 48.1. The lowest BCUT2D eigenvalue weighted by molar-refractivity contribution is -0.131. The zero-order valence-electron chi connectivity index (χ0n) is 42.2. The van der Waals surface area contributed by atoms with E-state index < -0.39 is 24.2 Å². The van der Waals surface area contributed by atoms with Crippen LogP contribution in [0.4, 0.5) is 0 Å². The summed E-state index contributed by atoms with van der Waals surface area (Å²) < 4.78 is 0. The second-order valence-corrected chi connectivity index (χ2v) is 19.1. The molecule has 5 heteroatoms. The van der Waals surface area contributed by atoms with E-state index in [1.807, 2.05) is 6.08 Å². The highest BCUT2D eigenvalue weighted by atomic mass is 16.3. The molecule has 0 rings (SSSR count). The van der Waals surface area contributed by atoms with Gasteiger partial charge in [-0.3, -0.25) is 4.79 Å². The summed E-state index contributed by atoms with van der Waals surface area (Å²) in [5.74, 6) is -0.515. The normalized spacial score (nSPS) is 13.7. The monoisotopic (exact) mass is 884 g/mol. The first-order valence-corrected chi connectivity index (χ1v) is 28.0. The molecular formula is C58H109NO4. The lowest BCUT2D eigenvalue weighted by Gasteiger charge is -2.21. The van der Waals surface area contributed by atoms with Crippen LogP contribution in [0, 0.1) is 0 Å². The van der Waals surface area contributed by atoms with E-state index in [4.69, 9.17) is 0 Å². The number of aliphatic hydroxyl groups excluding tert-OH is 3. The second kappa shape index (κ2) is 52.9. The van der Waals surface area contributed by atoms with Gasteiger partial charge in [0.05, 0.1) is 18.8 Å². The van der Waals surface area contributed by atoms with Crippen molar-refractivity contribution in [3.8, 4) is 0 Å². The molecule has 0 fully saturated rings. The smallest absolute Gasteiger partial charge is 0.249 e. The molecule has 0 heterocycles. The molecule has 0 saturated heterocycles. The van der Waals surface area contributed by atoms with Crippen molar-refractivity contribution in [3.63, 3.8) is 0 Å². The average Bonchev–Trinajstić information content (AvgIpc) is 3.29. The number of nitrogens with one attached hydrogen (secondary N) is 1. The molecule has 0 aromatic heterocycles. The zero-order chi connectivity index (χ0) is 45.8. The molecule has 3 unspecified atom stereocenters. The molecule has 0 aliphatic carbocycles. The van der Waals surface area contributed by atoms with Gasteiger partial charge in [-0.05, 0) is 70.6 Å². The number of hydrogen-bond donors (Lipinski definition) is 4. The van der Waals surface area contributed by atoms with E-state index in [0.717, 1.165) is 44.9 Å². The van der Waals surface area contributed by atoms with Crippen LogP contribution >= 0.6 is 0 Å². The van der Waals surface area contributed by atoms with Gasteiger partial charge in [0.15, 0.2) is 0 Å². The number of unbranched alkanes of at least 4 members (excludes halogenated alkanes) is 37. The Morgan fingerprint density at radius 1 is 0.381 bits per heavy atom. The van der Waals surface area contributed by atoms with Crippen molar-refractivity contribution in [2.45, 2.75) is 308 Å². The molecule has 0 radical (unpaired) electrons. The second-order valence-electron chi connectivity index (χ2n) is 19.1. The van der Waals surface area contributed by atoms with Crippen LogP contribution in [0.5, 0.6) is 0 Å². The Morgan fingerprint density at radius 2 is 0.651 bits per heavy atom. The Balaban J connectivity index is 3.57. The van der Waals surface area contributed by atoms with Crippen molar-refractivity contribution in [1.29, 1.82) is 0 Å². The Morgan fingerprint density at radius 3 is 0.968 bits per heavy atom. The van der Waals surface area contributed by atoms with Crippen LogP contribution < -0.4 is 5.32 Å². The highest BCUT2D eigenvalue weighted by Crippen LogP contribution is 2.17. The fourth-order valence-corrected chi connectivity index (χ4v) is 8.51. The van der Waals surface area contributed by atoms with E-state index >= 15 is 0 Å². The summed E-state index contributed by atoms with van der Waals surface area (Å²) >= 11 is 0. The van der Waals surface area contributed by atoms with Gasteiger partial charge in [-0.25, -0.2) is 0 Å². The number of aliphatic hydroxyl groups is 3. The Bertz CT molecular complexity index is 1020. The summed E-state index contributed by atoms with van der Waals surface area (Å²) in [6.45, 7) is 4.18. The van der Waals surface area contributed by atoms with Crippen molar-refractivity contribution >= 4 is 5.91 Å².